The molecule has 1 aromatic rings. The lowest BCUT2D eigenvalue weighted by molar-refractivity contribution is 0.474. The molecule has 0 saturated carbocycles. The second kappa shape index (κ2) is 4.51. The van der Waals surface area contributed by atoms with Crippen molar-refractivity contribution in [3.05, 3.63) is 47.7 Å². The lowest BCUT2D eigenvalue weighted by Gasteiger charge is -2.02. The molecule has 0 unspecified atom stereocenters. The van der Waals surface area contributed by atoms with Gasteiger partial charge in [0.2, 0.25) is 0 Å². The van der Waals surface area contributed by atoms with Crippen molar-refractivity contribution < 1.29 is 5.11 Å². The standard InChI is InChI=1S/C11H13NO/c1-2-9(8-12)6-10-4-3-5-11(13)7-10/h3-5,7,13H,1,6,8,12H2. The van der Waals surface area contributed by atoms with Crippen molar-refractivity contribution >= 4 is 0 Å². The van der Waals surface area contributed by atoms with E-state index in [2.05, 4.69) is 12.3 Å². The van der Waals surface area contributed by atoms with Crippen LogP contribution in [0.1, 0.15) is 5.56 Å². The fourth-order valence-corrected chi connectivity index (χ4v) is 1.12. The lowest BCUT2D eigenvalue weighted by Crippen LogP contribution is -2.04. The van der Waals surface area contributed by atoms with Gasteiger partial charge in [0.15, 0.2) is 0 Å². The minimum absolute atomic E-state index is 0.276. The average Bonchev–Trinajstić information content (AvgIpc) is 2.14. The summed E-state index contributed by atoms with van der Waals surface area (Å²) in [6.07, 6.45) is 0.703. The molecule has 0 bridgehead atoms. The summed E-state index contributed by atoms with van der Waals surface area (Å²) >= 11 is 0. The van der Waals surface area contributed by atoms with Gasteiger partial charge in [-0.25, -0.2) is 0 Å². The maximum atomic E-state index is 9.19. The molecule has 0 aromatic heterocycles. The van der Waals surface area contributed by atoms with Crippen LogP contribution in [0.25, 0.3) is 0 Å². The molecular formula is C11H13NO. The minimum atomic E-state index is 0.276. The number of benzene rings is 1. The first-order valence-corrected chi connectivity index (χ1v) is 4.12. The largest absolute Gasteiger partial charge is 0.508 e. The van der Waals surface area contributed by atoms with E-state index < -0.39 is 0 Å². The van der Waals surface area contributed by atoms with Gasteiger partial charge in [0, 0.05) is 13.0 Å². The van der Waals surface area contributed by atoms with Crippen LogP contribution in [0, 0.1) is 0 Å². The van der Waals surface area contributed by atoms with Gasteiger partial charge in [0.05, 0.1) is 0 Å². The Morgan fingerprint density at radius 2 is 2.31 bits per heavy atom. The van der Waals surface area contributed by atoms with Crippen LogP contribution in [-0.4, -0.2) is 11.7 Å². The maximum absolute atomic E-state index is 9.19. The molecule has 2 nitrogen and oxygen atoms in total. The molecular weight excluding hydrogens is 162 g/mol. The Bertz CT molecular complexity index is 338. The van der Waals surface area contributed by atoms with Crippen molar-refractivity contribution in [3.63, 3.8) is 0 Å². The van der Waals surface area contributed by atoms with Crippen molar-refractivity contribution in [3.8, 4) is 5.75 Å². The molecule has 1 aromatic carbocycles. The molecule has 1 rings (SSSR count). The first-order chi connectivity index (χ1) is 6.26. The molecule has 0 atom stereocenters. The summed E-state index contributed by atoms with van der Waals surface area (Å²) in [6.45, 7) is 4.00. The Labute approximate surface area is 78.0 Å². The highest BCUT2D eigenvalue weighted by atomic mass is 16.3. The first kappa shape index (κ1) is 9.59. The zero-order valence-corrected chi connectivity index (χ0v) is 7.46. The minimum Gasteiger partial charge on any atom is -0.508 e. The SMILES string of the molecule is C=C=C(CN)Cc1cccc(O)c1. The Balaban J connectivity index is 2.80. The average molecular weight is 175 g/mol. The van der Waals surface area contributed by atoms with Gasteiger partial charge in [-0.15, -0.1) is 5.73 Å². The third-order valence-corrected chi connectivity index (χ3v) is 1.82. The van der Waals surface area contributed by atoms with E-state index in [9.17, 15) is 5.11 Å². The number of nitrogens with two attached hydrogens (primary N) is 1. The Kier molecular flexibility index (Phi) is 3.32. The molecule has 13 heavy (non-hydrogen) atoms. The number of hydrogen-bond acceptors (Lipinski definition) is 2. The monoisotopic (exact) mass is 175 g/mol. The molecule has 0 aliphatic carbocycles. The molecule has 0 heterocycles. The van der Waals surface area contributed by atoms with E-state index in [0.717, 1.165) is 11.1 Å². The summed E-state index contributed by atoms with van der Waals surface area (Å²) in [5.41, 5.74) is 10.2. The highest BCUT2D eigenvalue weighted by Crippen LogP contribution is 2.13. The maximum Gasteiger partial charge on any atom is 0.115 e. The van der Waals surface area contributed by atoms with Crippen molar-refractivity contribution in [2.75, 3.05) is 6.54 Å². The second-order valence-corrected chi connectivity index (χ2v) is 2.83. The third-order valence-electron chi connectivity index (χ3n) is 1.82. The zero-order valence-electron chi connectivity index (χ0n) is 7.46. The van der Waals surface area contributed by atoms with Gasteiger partial charge >= 0.3 is 0 Å². The molecule has 68 valence electrons. The van der Waals surface area contributed by atoms with Gasteiger partial charge < -0.3 is 10.8 Å². The summed E-state index contributed by atoms with van der Waals surface area (Å²) in [6, 6.07) is 7.10. The molecule has 0 fully saturated rings. The second-order valence-electron chi connectivity index (χ2n) is 2.83. The van der Waals surface area contributed by atoms with E-state index in [1.165, 1.54) is 0 Å². The summed E-state index contributed by atoms with van der Waals surface area (Å²) in [7, 11) is 0. The van der Waals surface area contributed by atoms with Crippen LogP contribution in [0.4, 0.5) is 0 Å². The van der Waals surface area contributed by atoms with Crippen molar-refractivity contribution in [2.24, 2.45) is 5.73 Å². The summed E-state index contributed by atoms with van der Waals surface area (Å²) in [4.78, 5) is 0. The number of hydrogen-bond donors (Lipinski definition) is 2. The molecule has 3 N–H and O–H groups in total. The smallest absolute Gasteiger partial charge is 0.115 e. The normalized spacial score (nSPS) is 9.31. The highest BCUT2D eigenvalue weighted by Gasteiger charge is 1.97. The van der Waals surface area contributed by atoms with E-state index in [1.54, 1.807) is 12.1 Å². The van der Waals surface area contributed by atoms with Gasteiger partial charge in [-0.3, -0.25) is 0 Å². The van der Waals surface area contributed by atoms with Gasteiger partial charge in [-0.1, -0.05) is 18.7 Å². The Morgan fingerprint density at radius 1 is 1.54 bits per heavy atom. The molecule has 0 aliphatic heterocycles. The van der Waals surface area contributed by atoms with E-state index in [0.29, 0.717) is 13.0 Å². The van der Waals surface area contributed by atoms with E-state index in [1.807, 2.05) is 12.1 Å². The van der Waals surface area contributed by atoms with Gasteiger partial charge in [-0.2, -0.15) is 0 Å². The van der Waals surface area contributed by atoms with Gasteiger partial charge in [0.25, 0.3) is 0 Å². The fraction of sp³-hybridized carbons (Fsp3) is 0.182. The highest BCUT2D eigenvalue weighted by molar-refractivity contribution is 5.30. The number of phenols is 1. The van der Waals surface area contributed by atoms with Crippen LogP contribution in [0.15, 0.2) is 42.1 Å². The first-order valence-electron chi connectivity index (χ1n) is 4.12. The topological polar surface area (TPSA) is 46.2 Å². The molecule has 2 heteroatoms. The van der Waals surface area contributed by atoms with E-state index in [4.69, 9.17) is 5.73 Å². The van der Waals surface area contributed by atoms with Crippen LogP contribution in [-0.2, 0) is 6.42 Å². The van der Waals surface area contributed by atoms with Crippen molar-refractivity contribution in [1.82, 2.24) is 0 Å². The van der Waals surface area contributed by atoms with E-state index >= 15 is 0 Å². The van der Waals surface area contributed by atoms with E-state index in [-0.39, 0.29) is 5.75 Å². The lowest BCUT2D eigenvalue weighted by atomic mass is 10.1. The van der Waals surface area contributed by atoms with Crippen LogP contribution in [0.5, 0.6) is 5.75 Å². The number of rotatable bonds is 3. The molecule has 0 saturated heterocycles. The number of phenolic OH excluding ortho intramolecular Hbond substituents is 1. The third kappa shape index (κ3) is 2.79. The van der Waals surface area contributed by atoms with Gasteiger partial charge in [-0.05, 0) is 23.3 Å². The van der Waals surface area contributed by atoms with Crippen LogP contribution >= 0.6 is 0 Å². The molecule has 0 aliphatic rings. The van der Waals surface area contributed by atoms with Crippen molar-refractivity contribution in [2.45, 2.75) is 6.42 Å². The molecule has 0 amide bonds. The van der Waals surface area contributed by atoms with Crippen molar-refractivity contribution in [1.29, 1.82) is 0 Å². The Morgan fingerprint density at radius 3 is 2.85 bits per heavy atom. The van der Waals surface area contributed by atoms with Gasteiger partial charge in [0.1, 0.15) is 5.75 Å². The summed E-state index contributed by atoms with van der Waals surface area (Å²) in [5, 5.41) is 9.19. The van der Waals surface area contributed by atoms with Crippen LogP contribution in [0.3, 0.4) is 0 Å². The molecule has 0 radical (unpaired) electrons. The number of aromatic hydroxyl groups is 1. The predicted molar refractivity (Wildman–Crippen MR) is 53.5 cm³/mol. The zero-order chi connectivity index (χ0) is 9.68. The quantitative estimate of drug-likeness (QED) is 0.685. The fourth-order valence-electron chi connectivity index (χ4n) is 1.12. The van der Waals surface area contributed by atoms with Crippen LogP contribution in [0.2, 0.25) is 0 Å². The van der Waals surface area contributed by atoms with Crippen LogP contribution < -0.4 is 5.73 Å². The summed E-state index contributed by atoms with van der Waals surface area (Å²) < 4.78 is 0. The Hall–Kier alpha value is -1.50. The molecule has 0 spiro atoms. The predicted octanol–water partition coefficient (Wildman–Crippen LogP) is 1.60. The summed E-state index contributed by atoms with van der Waals surface area (Å²) in [5.74, 6) is 0.276.